The van der Waals surface area contributed by atoms with Gasteiger partial charge in [-0.3, -0.25) is 29.1 Å². The molecule has 0 aliphatic heterocycles. The number of allylic oxidation sites excluding steroid dienone is 4. The van der Waals surface area contributed by atoms with Gasteiger partial charge < -0.3 is 104 Å². The molecule has 32 heteroatoms. The normalized spacial score (nSPS) is 8.75. The second-order valence-electron chi connectivity index (χ2n) is 7.96. The Hall–Kier alpha value is -5.23. The Kier molecular flexibility index (Phi) is 88.6. The minimum absolute atomic E-state index is 0. The van der Waals surface area contributed by atoms with Crippen LogP contribution in [-0.4, -0.2) is 96.0 Å². The molecule has 0 aromatic carbocycles. The average Bonchev–Trinajstić information content (AvgIpc) is 3.06. The van der Waals surface area contributed by atoms with E-state index in [1.165, 1.54) is 64.1 Å². The van der Waals surface area contributed by atoms with E-state index in [4.69, 9.17) is 61.3 Å². The van der Waals surface area contributed by atoms with Crippen molar-refractivity contribution in [2.24, 2.45) is 0 Å². The number of ketones is 4. The third-order valence-corrected chi connectivity index (χ3v) is 3.85. The number of rotatable bonds is 8. The molecule has 1 radical (unpaired) electrons. The molecule has 0 saturated carbocycles. The first-order chi connectivity index (χ1) is 25.0. The molecule has 2 aromatic rings. The van der Waals surface area contributed by atoms with Crippen LogP contribution in [0.5, 0.6) is 0 Å². The Balaban J connectivity index is -0.0000000456. The molecule has 0 fully saturated rings. The second kappa shape index (κ2) is 59.1. The summed E-state index contributed by atoms with van der Waals surface area (Å²) in [4.78, 5) is 75.5. The van der Waals surface area contributed by atoms with Gasteiger partial charge in [-0.25, -0.2) is 0 Å². The summed E-state index contributed by atoms with van der Waals surface area (Å²) in [5, 5.41) is 111. The van der Waals surface area contributed by atoms with Crippen molar-refractivity contribution in [1.82, 2.24) is 9.97 Å². The van der Waals surface area contributed by atoms with Crippen LogP contribution in [0.1, 0.15) is 50.5 Å². The van der Waals surface area contributed by atoms with Crippen molar-refractivity contribution in [2.75, 3.05) is 21.3 Å². The average molecular weight is 1120 g/mol. The molecule has 0 spiro atoms. The molecular formula is C29H44GdN5Ni2O24+2. The van der Waals surface area contributed by atoms with E-state index >= 15 is 0 Å². The Morgan fingerprint density at radius 1 is 0.459 bits per heavy atom. The van der Waals surface area contributed by atoms with Crippen LogP contribution >= 0.6 is 0 Å². The van der Waals surface area contributed by atoms with Crippen molar-refractivity contribution in [3.05, 3.63) is 129 Å². The summed E-state index contributed by atoms with van der Waals surface area (Å²) in [6.45, 7) is 4.99. The molecule has 0 saturated heterocycles. The van der Waals surface area contributed by atoms with Crippen LogP contribution < -0.4 is 20.4 Å². The van der Waals surface area contributed by atoms with E-state index in [9.17, 15) is 39.6 Å². The smallest absolute Gasteiger partial charge is 0.871 e. The summed E-state index contributed by atoms with van der Waals surface area (Å²) in [5.74, 6) is -3.86. The summed E-state index contributed by atoms with van der Waals surface area (Å²) < 4.78 is 0. The summed E-state index contributed by atoms with van der Waals surface area (Å²) in [6, 6.07) is 8.52. The van der Waals surface area contributed by atoms with Gasteiger partial charge in [-0.1, -0.05) is 35.2 Å². The first kappa shape index (κ1) is 91.5. The summed E-state index contributed by atoms with van der Waals surface area (Å²) in [7, 11) is 3.00. The van der Waals surface area contributed by atoms with Crippen molar-refractivity contribution in [3.63, 3.8) is 0 Å². The van der Waals surface area contributed by atoms with Gasteiger partial charge >= 0.3 is 72.9 Å². The predicted molar refractivity (Wildman–Crippen MR) is 196 cm³/mol. The number of pyridine rings is 2. The van der Waals surface area contributed by atoms with Gasteiger partial charge in [-0.2, -0.15) is 0 Å². The second-order valence-corrected chi connectivity index (χ2v) is 7.96. The quantitative estimate of drug-likeness (QED) is 0.0553. The predicted octanol–water partition coefficient (Wildman–Crippen LogP) is -6.07. The van der Waals surface area contributed by atoms with Crippen molar-refractivity contribution in [2.45, 2.75) is 27.7 Å². The van der Waals surface area contributed by atoms with Crippen molar-refractivity contribution < 1.29 is 165 Å². The Labute approximate surface area is 397 Å². The molecular weight excluding hydrogens is 1080 g/mol. The SMILES string of the molecule is CC(=O)/C=C(\[O-])c1cccc(/C([O-])=C/C(C)=O)n1.CC(=O)/C=C(\[O-])c1cccc(/C([O-])=C/C(C)=O)n1.CO.CO.CO.O.O.O=[N+]([O-])[O-].O=[N+]([O-])[O-].O=[N+]([O-])[O-].[Gd+3].[Ni+2].[Ni+2].[OH3+].[OH3+]. The zero-order valence-electron chi connectivity index (χ0n) is 32.4. The molecule has 0 bridgehead atoms. The van der Waals surface area contributed by atoms with Gasteiger partial charge in [0.1, 0.15) is 0 Å². The molecule has 0 aliphatic carbocycles. The number of nitrogens with zero attached hydrogens (tertiary/aromatic N) is 5. The van der Waals surface area contributed by atoms with Crippen LogP contribution in [-0.2, 0) is 63.1 Å². The Morgan fingerprint density at radius 2 is 0.574 bits per heavy atom. The van der Waals surface area contributed by atoms with Crippen LogP contribution in [0.2, 0.25) is 0 Å². The maximum Gasteiger partial charge on any atom is 3.00 e. The van der Waals surface area contributed by atoms with Crippen LogP contribution in [0, 0.1) is 85.9 Å². The van der Waals surface area contributed by atoms with Gasteiger partial charge in [0.2, 0.25) is 0 Å². The van der Waals surface area contributed by atoms with Crippen molar-refractivity contribution in [3.8, 4) is 0 Å². The number of hydrogen-bond acceptors (Lipinski definition) is 22. The number of hydrogen-bond donors (Lipinski definition) is 3. The first-order valence-electron chi connectivity index (χ1n) is 13.3. The topological polar surface area (TPSA) is 575 Å². The largest absolute Gasteiger partial charge is 3.00 e. The fourth-order valence-electron chi connectivity index (χ4n) is 2.45. The number of carbonyl (C=O) groups is 4. The van der Waals surface area contributed by atoms with E-state index in [0.717, 1.165) is 45.6 Å². The molecule has 0 amide bonds. The number of carbonyl (C=O) groups excluding carboxylic acids is 4. The molecule has 2 aromatic heterocycles. The van der Waals surface area contributed by atoms with E-state index in [1.54, 1.807) is 0 Å². The number of aliphatic hydroxyl groups excluding tert-OH is 3. The summed E-state index contributed by atoms with van der Waals surface area (Å²) in [5.41, 5.74) is -0.0259. The monoisotopic (exact) mass is 1120 g/mol. The van der Waals surface area contributed by atoms with Crippen LogP contribution in [0.25, 0.3) is 23.0 Å². The van der Waals surface area contributed by atoms with Crippen molar-refractivity contribution in [1.29, 1.82) is 0 Å². The van der Waals surface area contributed by atoms with Gasteiger partial charge in [0, 0.05) is 21.3 Å². The zero-order valence-corrected chi connectivity index (χ0v) is 36.7. The number of aliphatic hydroxyl groups is 3. The van der Waals surface area contributed by atoms with Gasteiger partial charge in [0.05, 0.1) is 38.0 Å². The molecule has 2 heterocycles. The van der Waals surface area contributed by atoms with Gasteiger partial charge in [0.15, 0.2) is 23.1 Å². The van der Waals surface area contributed by atoms with Crippen molar-refractivity contribution >= 4 is 46.2 Å². The molecule has 0 aliphatic rings. The fraction of sp³-hybridized carbons (Fsp3) is 0.241. The Morgan fingerprint density at radius 3 is 0.672 bits per heavy atom. The van der Waals surface area contributed by atoms with E-state index in [0.29, 0.717) is 0 Å². The minimum atomic E-state index is -1.75. The third kappa shape index (κ3) is 69.7. The summed E-state index contributed by atoms with van der Waals surface area (Å²) >= 11 is 0. The van der Waals surface area contributed by atoms with Gasteiger partial charge in [0.25, 0.3) is 0 Å². The van der Waals surface area contributed by atoms with Crippen LogP contribution in [0.15, 0.2) is 60.7 Å². The molecule has 61 heavy (non-hydrogen) atoms. The maximum atomic E-state index is 11.5. The molecule has 2 rings (SSSR count). The number of aromatic nitrogens is 2. The maximum absolute atomic E-state index is 11.5. The third-order valence-electron chi connectivity index (χ3n) is 3.85. The fourth-order valence-corrected chi connectivity index (χ4v) is 2.45. The first-order valence-corrected chi connectivity index (χ1v) is 13.3. The van der Waals surface area contributed by atoms with E-state index in [-0.39, 0.29) is 118 Å². The molecule has 0 atom stereocenters. The minimum Gasteiger partial charge on any atom is -0.871 e. The summed E-state index contributed by atoms with van der Waals surface area (Å²) in [6.07, 6.45) is 3.58. The molecule has 13 N–H and O–H groups in total. The van der Waals surface area contributed by atoms with Crippen LogP contribution in [0.4, 0.5) is 0 Å². The van der Waals surface area contributed by atoms with Gasteiger partial charge in [-0.05, 0) is 76.3 Å². The zero-order chi connectivity index (χ0) is 44.1. The molecule has 0 unspecified atom stereocenters. The molecule has 355 valence electrons. The molecule has 29 nitrogen and oxygen atoms in total. The van der Waals surface area contributed by atoms with E-state index in [2.05, 4.69) is 9.97 Å². The standard InChI is InChI=1S/2C13H13NO4.3CH4O.Gd.3NO3.2Ni.4H2O/c2*1-8(15)6-12(17)10-4-3-5-11(14-10)13(18)7-9(2)16;3*1-2;;3*2-1(3)4;;;;;;/h2*3-7,17-18H,1-2H3;3*2H,1H3;;;;;;;4*1H2/q;;;;;+3;3*-1;2*+2;;;;/p-2/b2*12-6-,13-7-;;;;;;;;;;;;;. The van der Waals surface area contributed by atoms with Crippen LogP contribution in [0.3, 0.4) is 0 Å². The van der Waals surface area contributed by atoms with E-state index in [1.807, 2.05) is 0 Å². The van der Waals surface area contributed by atoms with E-state index < -0.39 is 61.4 Å². The van der Waals surface area contributed by atoms with Gasteiger partial charge in [-0.15, -0.1) is 0 Å². The Bertz CT molecular complexity index is 1400.